The standard InChI is InChI=1S/C15H23ClN2/c1-11(2)9-12-5-3-6-13(10-12)18-14-7-4-8-17-15(14)16/h4,7-8,11-13,18H,3,5-6,9-10H2,1-2H3. The quantitative estimate of drug-likeness (QED) is 0.796. The molecule has 1 heterocycles. The summed E-state index contributed by atoms with van der Waals surface area (Å²) in [4.78, 5) is 4.11. The summed E-state index contributed by atoms with van der Waals surface area (Å²) >= 11 is 6.09. The Hall–Kier alpha value is -0.760. The van der Waals surface area contributed by atoms with E-state index in [1.54, 1.807) is 6.20 Å². The molecule has 18 heavy (non-hydrogen) atoms. The van der Waals surface area contributed by atoms with Crippen LogP contribution in [0, 0.1) is 11.8 Å². The molecular formula is C15H23ClN2. The van der Waals surface area contributed by atoms with E-state index in [9.17, 15) is 0 Å². The van der Waals surface area contributed by atoms with Gasteiger partial charge in [0.05, 0.1) is 5.69 Å². The maximum atomic E-state index is 6.09. The van der Waals surface area contributed by atoms with E-state index < -0.39 is 0 Å². The van der Waals surface area contributed by atoms with Crippen molar-refractivity contribution in [3.05, 3.63) is 23.5 Å². The Morgan fingerprint density at radius 3 is 3.00 bits per heavy atom. The Kier molecular flexibility index (Phi) is 4.87. The summed E-state index contributed by atoms with van der Waals surface area (Å²) in [5.41, 5.74) is 0.981. The molecule has 1 fully saturated rings. The number of hydrogen-bond acceptors (Lipinski definition) is 2. The summed E-state index contributed by atoms with van der Waals surface area (Å²) < 4.78 is 0. The largest absolute Gasteiger partial charge is 0.380 e. The van der Waals surface area contributed by atoms with Crippen LogP contribution in [0.2, 0.25) is 5.15 Å². The van der Waals surface area contributed by atoms with Crippen molar-refractivity contribution in [3.8, 4) is 0 Å². The molecule has 0 amide bonds. The minimum Gasteiger partial charge on any atom is -0.380 e. The Labute approximate surface area is 115 Å². The van der Waals surface area contributed by atoms with Gasteiger partial charge in [-0.2, -0.15) is 0 Å². The zero-order valence-corrected chi connectivity index (χ0v) is 12.1. The first kappa shape index (κ1) is 13.7. The fourth-order valence-corrected chi connectivity index (χ4v) is 3.19. The van der Waals surface area contributed by atoms with Crippen molar-refractivity contribution in [1.29, 1.82) is 0 Å². The predicted octanol–water partition coefficient (Wildman–Crippen LogP) is 4.75. The lowest BCUT2D eigenvalue weighted by Crippen LogP contribution is -2.28. The molecule has 0 radical (unpaired) electrons. The van der Waals surface area contributed by atoms with Crippen LogP contribution in [0.3, 0.4) is 0 Å². The van der Waals surface area contributed by atoms with Gasteiger partial charge in [-0.05, 0) is 43.2 Å². The molecule has 0 bridgehead atoms. The van der Waals surface area contributed by atoms with Crippen molar-refractivity contribution in [1.82, 2.24) is 4.98 Å². The van der Waals surface area contributed by atoms with E-state index >= 15 is 0 Å². The normalized spacial score (nSPS) is 24.2. The third-order valence-electron chi connectivity index (χ3n) is 3.71. The molecule has 1 aromatic rings. The van der Waals surface area contributed by atoms with E-state index in [4.69, 9.17) is 11.6 Å². The van der Waals surface area contributed by atoms with Crippen LogP contribution in [0.5, 0.6) is 0 Å². The highest BCUT2D eigenvalue weighted by Crippen LogP contribution is 2.31. The molecule has 0 spiro atoms. The lowest BCUT2D eigenvalue weighted by molar-refractivity contribution is 0.289. The topological polar surface area (TPSA) is 24.9 Å². The van der Waals surface area contributed by atoms with Crippen LogP contribution in [0.15, 0.2) is 18.3 Å². The fourth-order valence-electron chi connectivity index (χ4n) is 3.02. The van der Waals surface area contributed by atoms with Gasteiger partial charge in [-0.1, -0.05) is 38.3 Å². The average Bonchev–Trinajstić information content (AvgIpc) is 2.32. The van der Waals surface area contributed by atoms with Crippen molar-refractivity contribution in [2.75, 3.05) is 5.32 Å². The Morgan fingerprint density at radius 2 is 2.28 bits per heavy atom. The molecule has 1 N–H and O–H groups in total. The minimum absolute atomic E-state index is 0.559. The van der Waals surface area contributed by atoms with Gasteiger partial charge >= 0.3 is 0 Å². The van der Waals surface area contributed by atoms with Crippen LogP contribution >= 0.6 is 11.6 Å². The minimum atomic E-state index is 0.559. The molecular weight excluding hydrogens is 244 g/mol. The highest BCUT2D eigenvalue weighted by Gasteiger charge is 2.22. The number of hydrogen-bond donors (Lipinski definition) is 1. The van der Waals surface area contributed by atoms with Gasteiger partial charge in [0.15, 0.2) is 5.15 Å². The molecule has 2 unspecified atom stereocenters. The SMILES string of the molecule is CC(C)CC1CCCC(Nc2cccnc2Cl)C1. The molecule has 0 aromatic carbocycles. The molecule has 1 aliphatic rings. The second-order valence-corrected chi connectivity index (χ2v) is 6.20. The zero-order valence-electron chi connectivity index (χ0n) is 11.3. The van der Waals surface area contributed by atoms with Crippen molar-refractivity contribution in [2.45, 2.75) is 52.0 Å². The van der Waals surface area contributed by atoms with E-state index in [0.717, 1.165) is 17.5 Å². The van der Waals surface area contributed by atoms with Crippen LogP contribution in [0.4, 0.5) is 5.69 Å². The van der Waals surface area contributed by atoms with E-state index in [1.165, 1.54) is 32.1 Å². The van der Waals surface area contributed by atoms with Gasteiger partial charge in [-0.25, -0.2) is 4.98 Å². The van der Waals surface area contributed by atoms with E-state index in [0.29, 0.717) is 11.2 Å². The second-order valence-electron chi connectivity index (χ2n) is 5.85. The molecule has 0 saturated heterocycles. The van der Waals surface area contributed by atoms with E-state index in [-0.39, 0.29) is 0 Å². The molecule has 100 valence electrons. The summed E-state index contributed by atoms with van der Waals surface area (Å²) in [6, 6.07) is 4.51. The van der Waals surface area contributed by atoms with Gasteiger partial charge in [0.25, 0.3) is 0 Å². The third-order valence-corrected chi connectivity index (χ3v) is 4.01. The first-order valence-electron chi connectivity index (χ1n) is 7.02. The summed E-state index contributed by atoms with van der Waals surface area (Å²) in [6.45, 7) is 4.63. The number of nitrogens with one attached hydrogen (secondary N) is 1. The summed E-state index contributed by atoms with van der Waals surface area (Å²) in [5, 5.41) is 4.14. The summed E-state index contributed by atoms with van der Waals surface area (Å²) in [5.74, 6) is 1.67. The van der Waals surface area contributed by atoms with Gasteiger partial charge in [0, 0.05) is 12.2 Å². The molecule has 3 heteroatoms. The zero-order chi connectivity index (χ0) is 13.0. The lowest BCUT2D eigenvalue weighted by atomic mass is 9.81. The molecule has 1 aliphatic carbocycles. The van der Waals surface area contributed by atoms with Crippen LogP contribution in [-0.4, -0.2) is 11.0 Å². The highest BCUT2D eigenvalue weighted by molar-refractivity contribution is 6.31. The van der Waals surface area contributed by atoms with Crippen LogP contribution in [0.1, 0.15) is 46.0 Å². The molecule has 2 rings (SSSR count). The second kappa shape index (κ2) is 6.42. The first-order valence-corrected chi connectivity index (χ1v) is 7.40. The van der Waals surface area contributed by atoms with Gasteiger partial charge in [-0.3, -0.25) is 0 Å². The summed E-state index contributed by atoms with van der Waals surface area (Å²) in [6.07, 6.45) is 8.31. The molecule has 2 nitrogen and oxygen atoms in total. The maximum Gasteiger partial charge on any atom is 0.152 e. The third kappa shape index (κ3) is 3.88. The number of aromatic nitrogens is 1. The molecule has 1 saturated carbocycles. The summed E-state index contributed by atoms with van der Waals surface area (Å²) in [7, 11) is 0. The van der Waals surface area contributed by atoms with Crippen LogP contribution in [0.25, 0.3) is 0 Å². The van der Waals surface area contributed by atoms with Gasteiger partial charge < -0.3 is 5.32 Å². The predicted molar refractivity (Wildman–Crippen MR) is 78.1 cm³/mol. The van der Waals surface area contributed by atoms with Crippen molar-refractivity contribution in [2.24, 2.45) is 11.8 Å². The van der Waals surface area contributed by atoms with Gasteiger partial charge in [-0.15, -0.1) is 0 Å². The lowest BCUT2D eigenvalue weighted by Gasteiger charge is -2.31. The molecule has 2 atom stereocenters. The van der Waals surface area contributed by atoms with Crippen molar-refractivity contribution in [3.63, 3.8) is 0 Å². The Bertz CT molecular complexity index is 379. The average molecular weight is 267 g/mol. The van der Waals surface area contributed by atoms with Crippen LogP contribution in [-0.2, 0) is 0 Å². The van der Waals surface area contributed by atoms with E-state index in [2.05, 4.69) is 24.1 Å². The number of rotatable bonds is 4. The fraction of sp³-hybridized carbons (Fsp3) is 0.667. The first-order chi connectivity index (χ1) is 8.65. The van der Waals surface area contributed by atoms with Crippen molar-refractivity contribution >= 4 is 17.3 Å². The number of pyridine rings is 1. The van der Waals surface area contributed by atoms with Crippen molar-refractivity contribution < 1.29 is 0 Å². The smallest absolute Gasteiger partial charge is 0.152 e. The van der Waals surface area contributed by atoms with Gasteiger partial charge in [0.1, 0.15) is 0 Å². The Balaban J connectivity index is 1.91. The van der Waals surface area contributed by atoms with E-state index in [1.807, 2.05) is 12.1 Å². The monoisotopic (exact) mass is 266 g/mol. The highest BCUT2D eigenvalue weighted by atomic mass is 35.5. The number of halogens is 1. The Morgan fingerprint density at radius 1 is 1.44 bits per heavy atom. The number of nitrogens with zero attached hydrogens (tertiary/aromatic N) is 1. The molecule has 0 aliphatic heterocycles. The van der Waals surface area contributed by atoms with Gasteiger partial charge in [0.2, 0.25) is 0 Å². The number of anilines is 1. The molecule has 1 aromatic heterocycles. The maximum absolute atomic E-state index is 6.09. The van der Waals surface area contributed by atoms with Crippen LogP contribution < -0.4 is 5.32 Å².